The van der Waals surface area contributed by atoms with Crippen molar-refractivity contribution >= 4 is 27.5 Å². The van der Waals surface area contributed by atoms with Crippen LogP contribution in [-0.4, -0.2) is 16.8 Å². The number of nitrogens with one attached hydrogen (secondary N) is 1. The van der Waals surface area contributed by atoms with Gasteiger partial charge in [-0.05, 0) is 26.1 Å². The highest BCUT2D eigenvalue weighted by atomic mass is 79.9. The normalized spacial score (nSPS) is 12.7. The van der Waals surface area contributed by atoms with Gasteiger partial charge in [-0.2, -0.15) is 5.10 Å². The van der Waals surface area contributed by atoms with Gasteiger partial charge in [0.25, 0.3) is 0 Å². The van der Waals surface area contributed by atoms with Crippen molar-refractivity contribution in [3.63, 3.8) is 0 Å². The summed E-state index contributed by atoms with van der Waals surface area (Å²) in [5.41, 5.74) is 1.32. The van der Waals surface area contributed by atoms with Crippen LogP contribution in [0.25, 0.3) is 0 Å². The molecule has 0 saturated heterocycles. The van der Waals surface area contributed by atoms with E-state index in [1.807, 2.05) is 13.0 Å². The van der Waals surface area contributed by atoms with Crippen molar-refractivity contribution < 1.29 is 4.39 Å². The monoisotopic (exact) mass is 345 g/mol. The Kier molecular flexibility index (Phi) is 4.60. The SMILES string of the molecule is CCn1ncc(Cl)c1C(NC)c1ccc(Br)cc1F. The highest BCUT2D eigenvalue weighted by molar-refractivity contribution is 9.10. The average Bonchev–Trinajstić information content (AvgIpc) is 2.74. The number of benzene rings is 1. The summed E-state index contributed by atoms with van der Waals surface area (Å²) in [4.78, 5) is 0. The van der Waals surface area contributed by atoms with E-state index in [1.165, 1.54) is 6.07 Å². The highest BCUT2D eigenvalue weighted by Crippen LogP contribution is 2.30. The molecule has 1 heterocycles. The highest BCUT2D eigenvalue weighted by Gasteiger charge is 2.23. The molecule has 6 heteroatoms. The van der Waals surface area contributed by atoms with Gasteiger partial charge in [0.05, 0.1) is 23.0 Å². The number of aromatic nitrogens is 2. The maximum atomic E-state index is 14.1. The number of nitrogens with zero attached hydrogens (tertiary/aromatic N) is 2. The van der Waals surface area contributed by atoms with Crippen LogP contribution in [0.2, 0.25) is 5.02 Å². The molecule has 3 nitrogen and oxygen atoms in total. The van der Waals surface area contributed by atoms with Gasteiger partial charge in [0, 0.05) is 16.6 Å². The van der Waals surface area contributed by atoms with E-state index in [1.54, 1.807) is 24.0 Å². The molecule has 1 N–H and O–H groups in total. The summed E-state index contributed by atoms with van der Waals surface area (Å²) in [6.45, 7) is 2.65. The molecule has 0 amide bonds. The molecule has 1 atom stereocenters. The second-order valence-corrected chi connectivity index (χ2v) is 5.40. The summed E-state index contributed by atoms with van der Waals surface area (Å²) < 4.78 is 16.6. The Hall–Kier alpha value is -0.910. The molecule has 1 unspecified atom stereocenters. The van der Waals surface area contributed by atoms with Gasteiger partial charge in [0.2, 0.25) is 0 Å². The van der Waals surface area contributed by atoms with Crippen LogP contribution in [0.3, 0.4) is 0 Å². The molecular formula is C13H14BrClFN3. The molecule has 0 fully saturated rings. The second kappa shape index (κ2) is 6.03. The molecular weight excluding hydrogens is 333 g/mol. The number of hydrogen-bond acceptors (Lipinski definition) is 2. The third kappa shape index (κ3) is 2.83. The molecule has 0 saturated carbocycles. The maximum absolute atomic E-state index is 14.1. The first kappa shape index (κ1) is 14.5. The Bertz CT molecular complexity index is 585. The van der Waals surface area contributed by atoms with Crippen LogP contribution < -0.4 is 5.32 Å². The van der Waals surface area contributed by atoms with Crippen LogP contribution in [0.1, 0.15) is 24.2 Å². The Morgan fingerprint density at radius 1 is 1.53 bits per heavy atom. The maximum Gasteiger partial charge on any atom is 0.129 e. The average molecular weight is 347 g/mol. The molecule has 2 rings (SSSR count). The summed E-state index contributed by atoms with van der Waals surface area (Å²) >= 11 is 9.43. The van der Waals surface area contributed by atoms with Crippen LogP contribution in [-0.2, 0) is 6.54 Å². The minimum atomic E-state index is -0.331. The van der Waals surface area contributed by atoms with Crippen molar-refractivity contribution in [2.45, 2.75) is 19.5 Å². The third-order valence-corrected chi connectivity index (χ3v) is 3.75. The largest absolute Gasteiger partial charge is 0.308 e. The molecule has 0 radical (unpaired) electrons. The van der Waals surface area contributed by atoms with Crippen molar-refractivity contribution in [2.24, 2.45) is 0 Å². The van der Waals surface area contributed by atoms with Crippen LogP contribution in [0.4, 0.5) is 4.39 Å². The zero-order valence-electron chi connectivity index (χ0n) is 10.6. The van der Waals surface area contributed by atoms with Gasteiger partial charge in [-0.1, -0.05) is 33.6 Å². The third-order valence-electron chi connectivity index (χ3n) is 2.97. The van der Waals surface area contributed by atoms with Crippen molar-refractivity contribution in [3.8, 4) is 0 Å². The summed E-state index contributed by atoms with van der Waals surface area (Å²) in [6.07, 6.45) is 1.58. The molecule has 2 aromatic rings. The van der Waals surface area contributed by atoms with E-state index < -0.39 is 0 Å². The van der Waals surface area contributed by atoms with Crippen LogP contribution >= 0.6 is 27.5 Å². The van der Waals surface area contributed by atoms with E-state index >= 15 is 0 Å². The van der Waals surface area contributed by atoms with Gasteiger partial charge in [-0.15, -0.1) is 0 Å². The molecule has 1 aromatic heterocycles. The topological polar surface area (TPSA) is 29.9 Å². The van der Waals surface area contributed by atoms with Crippen LogP contribution in [0.5, 0.6) is 0 Å². The summed E-state index contributed by atoms with van der Waals surface area (Å²) in [5, 5.41) is 7.82. The van der Waals surface area contributed by atoms with Gasteiger partial charge >= 0.3 is 0 Å². The number of hydrogen-bond donors (Lipinski definition) is 1. The van der Waals surface area contributed by atoms with E-state index in [0.717, 1.165) is 5.69 Å². The van der Waals surface area contributed by atoms with E-state index in [2.05, 4.69) is 26.3 Å². The zero-order chi connectivity index (χ0) is 14.0. The van der Waals surface area contributed by atoms with E-state index in [0.29, 0.717) is 21.6 Å². The zero-order valence-corrected chi connectivity index (χ0v) is 13.0. The second-order valence-electron chi connectivity index (χ2n) is 4.08. The fourth-order valence-corrected chi connectivity index (χ4v) is 2.67. The van der Waals surface area contributed by atoms with Crippen molar-refractivity contribution in [1.82, 2.24) is 15.1 Å². The fraction of sp³-hybridized carbons (Fsp3) is 0.308. The van der Waals surface area contributed by atoms with Crippen molar-refractivity contribution in [1.29, 1.82) is 0 Å². The Balaban J connectivity index is 2.52. The summed E-state index contributed by atoms with van der Waals surface area (Å²) in [7, 11) is 1.77. The van der Waals surface area contributed by atoms with Crippen LogP contribution in [0.15, 0.2) is 28.9 Å². The van der Waals surface area contributed by atoms with Gasteiger partial charge in [-0.25, -0.2) is 4.39 Å². The standard InChI is InChI=1S/C13H14BrClFN3/c1-3-19-13(10(15)7-18-19)12(17-2)9-5-4-8(14)6-11(9)16/h4-7,12,17H,3H2,1-2H3. The van der Waals surface area contributed by atoms with E-state index in [9.17, 15) is 4.39 Å². The van der Waals surface area contributed by atoms with Gasteiger partial charge < -0.3 is 5.32 Å². The van der Waals surface area contributed by atoms with E-state index in [4.69, 9.17) is 11.6 Å². The Morgan fingerprint density at radius 2 is 2.26 bits per heavy atom. The number of rotatable bonds is 4. The molecule has 1 aromatic carbocycles. The lowest BCUT2D eigenvalue weighted by Gasteiger charge is -2.19. The first-order valence-electron chi connectivity index (χ1n) is 5.91. The predicted octanol–water partition coefficient (Wildman–Crippen LogP) is 3.77. The van der Waals surface area contributed by atoms with Gasteiger partial charge in [0.15, 0.2) is 0 Å². The van der Waals surface area contributed by atoms with Crippen LogP contribution in [0, 0.1) is 5.82 Å². The van der Waals surface area contributed by atoms with Gasteiger partial charge in [-0.3, -0.25) is 4.68 Å². The lowest BCUT2D eigenvalue weighted by Crippen LogP contribution is -2.22. The van der Waals surface area contributed by atoms with Crippen molar-refractivity contribution in [3.05, 3.63) is 51.0 Å². The molecule has 0 bridgehead atoms. The smallest absolute Gasteiger partial charge is 0.129 e. The number of halogens is 3. The number of aryl methyl sites for hydroxylation is 1. The molecule has 102 valence electrons. The lowest BCUT2D eigenvalue weighted by molar-refractivity contribution is 0.533. The minimum Gasteiger partial charge on any atom is -0.308 e. The first-order chi connectivity index (χ1) is 9.08. The predicted molar refractivity (Wildman–Crippen MR) is 77.9 cm³/mol. The summed E-state index contributed by atoms with van der Waals surface area (Å²) in [6, 6.07) is 4.66. The Labute approximate surface area is 124 Å². The molecule has 0 aliphatic heterocycles. The molecule has 19 heavy (non-hydrogen) atoms. The molecule has 0 aliphatic carbocycles. The first-order valence-corrected chi connectivity index (χ1v) is 7.09. The van der Waals surface area contributed by atoms with Crippen molar-refractivity contribution in [2.75, 3.05) is 7.05 Å². The van der Waals surface area contributed by atoms with Gasteiger partial charge in [0.1, 0.15) is 5.82 Å². The molecule has 0 aliphatic rings. The Morgan fingerprint density at radius 3 is 2.84 bits per heavy atom. The quantitative estimate of drug-likeness (QED) is 0.913. The fourth-order valence-electron chi connectivity index (χ4n) is 2.09. The molecule has 0 spiro atoms. The minimum absolute atomic E-state index is 0.284. The van der Waals surface area contributed by atoms with E-state index in [-0.39, 0.29) is 11.9 Å². The summed E-state index contributed by atoms with van der Waals surface area (Å²) in [5.74, 6) is -0.284. The lowest BCUT2D eigenvalue weighted by atomic mass is 10.0.